The van der Waals surface area contributed by atoms with Crippen molar-refractivity contribution in [2.45, 2.75) is 20.3 Å². The Morgan fingerprint density at radius 1 is 1.14 bits per heavy atom. The lowest BCUT2D eigenvalue weighted by Gasteiger charge is -2.11. The Bertz CT molecular complexity index is 771. The summed E-state index contributed by atoms with van der Waals surface area (Å²) in [6, 6.07) is 7.86. The molecule has 0 fully saturated rings. The summed E-state index contributed by atoms with van der Waals surface area (Å²) >= 11 is 0. The van der Waals surface area contributed by atoms with Crippen LogP contribution in [0.2, 0.25) is 0 Å². The minimum absolute atomic E-state index is 0.0693. The Morgan fingerprint density at radius 2 is 1.82 bits per heavy atom. The third-order valence-corrected chi connectivity index (χ3v) is 3.56. The van der Waals surface area contributed by atoms with Gasteiger partial charge in [-0.15, -0.1) is 0 Å². The molecule has 0 aliphatic heterocycles. The zero-order valence-electron chi connectivity index (χ0n) is 15.8. The van der Waals surface area contributed by atoms with Gasteiger partial charge in [0.15, 0.2) is 0 Å². The first-order valence-corrected chi connectivity index (χ1v) is 8.95. The first kappa shape index (κ1) is 20.9. The highest BCUT2D eigenvalue weighted by molar-refractivity contribution is 5.90. The Balaban J connectivity index is 1.81. The number of carbonyl (C=O) groups is 1. The molecule has 1 aromatic heterocycles. The quantitative estimate of drug-likeness (QED) is 0.269. The van der Waals surface area contributed by atoms with E-state index in [2.05, 4.69) is 10.3 Å². The van der Waals surface area contributed by atoms with Crippen LogP contribution in [0.3, 0.4) is 0 Å². The van der Waals surface area contributed by atoms with Crippen LogP contribution in [0.4, 0.5) is 11.5 Å². The van der Waals surface area contributed by atoms with Gasteiger partial charge in [0.25, 0.3) is 5.69 Å². The van der Waals surface area contributed by atoms with E-state index in [0.717, 1.165) is 0 Å². The van der Waals surface area contributed by atoms with E-state index in [1.807, 2.05) is 13.8 Å². The highest BCUT2D eigenvalue weighted by atomic mass is 16.6. The molecule has 0 saturated carbocycles. The summed E-state index contributed by atoms with van der Waals surface area (Å²) in [6.45, 7) is 5.39. The average molecular weight is 389 g/mol. The van der Waals surface area contributed by atoms with Crippen molar-refractivity contribution in [1.29, 1.82) is 0 Å². The molecule has 0 radical (unpaired) electrons. The average Bonchev–Trinajstić information content (AvgIpc) is 2.68. The zero-order chi connectivity index (χ0) is 20.4. The smallest absolute Gasteiger partial charge is 0.338 e. The molecular formula is C19H23N3O6. The Kier molecular flexibility index (Phi) is 8.01. The van der Waals surface area contributed by atoms with Gasteiger partial charge in [-0.2, -0.15) is 0 Å². The molecule has 0 atom stereocenters. The Labute approximate surface area is 162 Å². The van der Waals surface area contributed by atoms with E-state index in [1.54, 1.807) is 18.2 Å². The van der Waals surface area contributed by atoms with E-state index in [4.69, 9.17) is 14.2 Å². The number of hydrogen-bond donors (Lipinski definition) is 1. The number of nitrogens with one attached hydrogen (secondary N) is 1. The Hall–Kier alpha value is -3.36. The van der Waals surface area contributed by atoms with Gasteiger partial charge in [0, 0.05) is 18.7 Å². The lowest BCUT2D eigenvalue weighted by atomic mass is 10.2. The van der Waals surface area contributed by atoms with Gasteiger partial charge in [0.2, 0.25) is 0 Å². The van der Waals surface area contributed by atoms with E-state index in [-0.39, 0.29) is 12.3 Å². The van der Waals surface area contributed by atoms with Gasteiger partial charge < -0.3 is 19.5 Å². The monoisotopic (exact) mass is 389 g/mol. The molecule has 9 nitrogen and oxygen atoms in total. The van der Waals surface area contributed by atoms with Crippen LogP contribution in [0, 0.1) is 10.1 Å². The number of hydrogen-bond acceptors (Lipinski definition) is 8. The van der Waals surface area contributed by atoms with Crippen LogP contribution in [0.5, 0.6) is 11.5 Å². The molecule has 0 bridgehead atoms. The maximum absolute atomic E-state index is 12.3. The van der Waals surface area contributed by atoms with E-state index < -0.39 is 10.9 Å². The van der Waals surface area contributed by atoms with Gasteiger partial charge >= 0.3 is 5.97 Å². The van der Waals surface area contributed by atoms with Gasteiger partial charge in [0.05, 0.1) is 30.3 Å². The molecule has 2 rings (SSSR count). The molecule has 0 aliphatic carbocycles. The topological polar surface area (TPSA) is 113 Å². The molecule has 0 unspecified atom stereocenters. The maximum atomic E-state index is 12.3. The second kappa shape index (κ2) is 10.7. The van der Waals surface area contributed by atoms with E-state index >= 15 is 0 Å². The third-order valence-electron chi connectivity index (χ3n) is 3.56. The lowest BCUT2D eigenvalue weighted by Crippen LogP contribution is -2.11. The Morgan fingerprint density at radius 3 is 2.36 bits per heavy atom. The highest BCUT2D eigenvalue weighted by Crippen LogP contribution is 2.23. The van der Waals surface area contributed by atoms with Crippen molar-refractivity contribution < 1.29 is 23.9 Å². The van der Waals surface area contributed by atoms with Crippen molar-refractivity contribution in [2.24, 2.45) is 0 Å². The standard InChI is InChI=1S/C19H23N3O6/c1-3-26-16-10-14(11-17(12-16)27-4-2)19(23)28-9-5-8-20-18-7-6-15(13-21-18)22(24)25/h6-7,10-13H,3-5,8-9H2,1-2H3,(H,20,21). The lowest BCUT2D eigenvalue weighted by molar-refractivity contribution is -0.385. The minimum atomic E-state index is -0.506. The van der Waals surface area contributed by atoms with Gasteiger partial charge in [-0.05, 0) is 38.5 Å². The predicted octanol–water partition coefficient (Wildman–Crippen LogP) is 3.45. The molecule has 1 aromatic carbocycles. The van der Waals surface area contributed by atoms with Crippen molar-refractivity contribution in [3.8, 4) is 11.5 Å². The van der Waals surface area contributed by atoms with Crippen LogP contribution in [-0.2, 0) is 4.74 Å². The fourth-order valence-electron chi connectivity index (χ4n) is 2.33. The van der Waals surface area contributed by atoms with Crippen molar-refractivity contribution in [3.05, 3.63) is 52.2 Å². The summed E-state index contributed by atoms with van der Waals surface area (Å²) in [7, 11) is 0. The van der Waals surface area contributed by atoms with Crippen LogP contribution in [0.1, 0.15) is 30.6 Å². The largest absolute Gasteiger partial charge is 0.494 e. The summed E-state index contributed by atoms with van der Waals surface area (Å²) in [5.74, 6) is 1.15. The molecule has 9 heteroatoms. The third kappa shape index (κ3) is 6.42. The van der Waals surface area contributed by atoms with E-state index in [0.29, 0.717) is 49.1 Å². The minimum Gasteiger partial charge on any atom is -0.494 e. The number of anilines is 1. The number of rotatable bonds is 11. The van der Waals surface area contributed by atoms with Crippen LogP contribution in [-0.4, -0.2) is 42.2 Å². The second-order valence-electron chi connectivity index (χ2n) is 5.63. The number of carbonyl (C=O) groups excluding carboxylic acids is 1. The van der Waals surface area contributed by atoms with Gasteiger partial charge in [0.1, 0.15) is 23.5 Å². The van der Waals surface area contributed by atoms with Crippen LogP contribution in [0.25, 0.3) is 0 Å². The normalized spacial score (nSPS) is 10.2. The first-order valence-electron chi connectivity index (χ1n) is 8.95. The SMILES string of the molecule is CCOc1cc(OCC)cc(C(=O)OCCCNc2ccc([N+](=O)[O-])cn2)c1. The number of ether oxygens (including phenoxy) is 3. The number of nitro groups is 1. The molecule has 0 spiro atoms. The summed E-state index contributed by atoms with van der Waals surface area (Å²) in [4.78, 5) is 26.3. The molecule has 2 aromatic rings. The number of nitrogens with zero attached hydrogens (tertiary/aromatic N) is 2. The number of benzene rings is 1. The van der Waals surface area contributed by atoms with Crippen molar-refractivity contribution in [2.75, 3.05) is 31.7 Å². The van der Waals surface area contributed by atoms with Gasteiger partial charge in [-0.3, -0.25) is 10.1 Å². The van der Waals surface area contributed by atoms with Crippen molar-refractivity contribution in [3.63, 3.8) is 0 Å². The second-order valence-corrected chi connectivity index (χ2v) is 5.63. The predicted molar refractivity (Wildman–Crippen MR) is 103 cm³/mol. The molecule has 150 valence electrons. The number of aromatic nitrogens is 1. The van der Waals surface area contributed by atoms with Crippen molar-refractivity contribution >= 4 is 17.5 Å². The number of pyridine rings is 1. The fraction of sp³-hybridized carbons (Fsp3) is 0.368. The molecule has 28 heavy (non-hydrogen) atoms. The summed E-state index contributed by atoms with van der Waals surface area (Å²) in [5, 5.41) is 13.6. The van der Waals surface area contributed by atoms with Crippen LogP contribution >= 0.6 is 0 Å². The molecule has 0 amide bonds. The number of esters is 1. The molecule has 0 saturated heterocycles. The van der Waals surface area contributed by atoms with Crippen LogP contribution in [0.15, 0.2) is 36.5 Å². The van der Waals surface area contributed by atoms with E-state index in [1.165, 1.54) is 18.3 Å². The summed E-state index contributed by atoms with van der Waals surface area (Å²) in [6.07, 6.45) is 1.73. The molecular weight excluding hydrogens is 366 g/mol. The summed E-state index contributed by atoms with van der Waals surface area (Å²) in [5.41, 5.74) is 0.291. The van der Waals surface area contributed by atoms with Gasteiger partial charge in [-0.25, -0.2) is 9.78 Å². The molecule has 1 heterocycles. The fourth-order valence-corrected chi connectivity index (χ4v) is 2.33. The molecule has 0 aliphatic rings. The molecule has 1 N–H and O–H groups in total. The van der Waals surface area contributed by atoms with E-state index in [9.17, 15) is 14.9 Å². The van der Waals surface area contributed by atoms with Gasteiger partial charge in [-0.1, -0.05) is 0 Å². The van der Waals surface area contributed by atoms with Crippen LogP contribution < -0.4 is 14.8 Å². The first-order chi connectivity index (χ1) is 13.5. The van der Waals surface area contributed by atoms with Crippen molar-refractivity contribution in [1.82, 2.24) is 4.98 Å². The highest BCUT2D eigenvalue weighted by Gasteiger charge is 2.12. The summed E-state index contributed by atoms with van der Waals surface area (Å²) < 4.78 is 16.2. The zero-order valence-corrected chi connectivity index (χ0v) is 15.8. The maximum Gasteiger partial charge on any atom is 0.338 e.